The van der Waals surface area contributed by atoms with E-state index in [0.717, 1.165) is 32.0 Å². The molecule has 0 fully saturated rings. The number of thiophene rings is 1. The molecule has 1 aliphatic carbocycles. The van der Waals surface area contributed by atoms with Crippen LogP contribution in [-0.4, -0.2) is 26.2 Å². The quantitative estimate of drug-likeness (QED) is 0.586. The van der Waals surface area contributed by atoms with Gasteiger partial charge in [-0.3, -0.25) is 9.59 Å². The van der Waals surface area contributed by atoms with E-state index < -0.39 is 11.8 Å². The molecule has 2 aromatic carbocycles. The lowest BCUT2D eigenvalue weighted by Gasteiger charge is -2.29. The van der Waals surface area contributed by atoms with Crippen molar-refractivity contribution in [3.63, 3.8) is 0 Å². The van der Waals surface area contributed by atoms with Crippen molar-refractivity contribution in [1.82, 2.24) is 0 Å². The average Bonchev–Trinajstić information content (AvgIpc) is 3.17. The molecule has 1 aromatic heterocycles. The molecule has 0 radical (unpaired) electrons. The second-order valence-corrected chi connectivity index (χ2v) is 8.14. The normalized spacial score (nSPS) is 18.0. The Morgan fingerprint density at radius 1 is 0.724 bits per heavy atom. The lowest BCUT2D eigenvalue weighted by Crippen LogP contribution is -2.37. The number of hydrogen-bond acceptors (Lipinski definition) is 5. The van der Waals surface area contributed by atoms with E-state index in [1.54, 1.807) is 11.3 Å². The molecule has 0 spiro atoms. The molecule has 29 heavy (non-hydrogen) atoms. The molecule has 1 aliphatic rings. The molecule has 148 valence electrons. The smallest absolute Gasteiger partial charge is 0.309 e. The standard InChI is InChI=1S/C24H22O4S/c1-27-23(25)19-13-17-18(14-20(19)24(26)28-2)22(16-11-7-4-8-12-16)29-21(17)15-9-5-3-6-10-15/h3-12,19-20H,13-14H2,1-2H3/t19-,20-/m1/s1. The van der Waals surface area contributed by atoms with E-state index in [4.69, 9.17) is 9.47 Å². The molecule has 4 nitrogen and oxygen atoms in total. The van der Waals surface area contributed by atoms with Crippen LogP contribution < -0.4 is 0 Å². The number of esters is 2. The van der Waals surface area contributed by atoms with E-state index in [2.05, 4.69) is 24.3 Å². The number of rotatable bonds is 4. The highest BCUT2D eigenvalue weighted by molar-refractivity contribution is 7.19. The van der Waals surface area contributed by atoms with Crippen LogP contribution in [0.3, 0.4) is 0 Å². The van der Waals surface area contributed by atoms with Gasteiger partial charge in [0.05, 0.1) is 26.1 Å². The first kappa shape index (κ1) is 19.4. The second kappa shape index (κ2) is 8.21. The maximum absolute atomic E-state index is 12.5. The fraction of sp³-hybridized carbons (Fsp3) is 0.250. The summed E-state index contributed by atoms with van der Waals surface area (Å²) in [7, 11) is 2.74. The Balaban J connectivity index is 1.90. The lowest BCUT2D eigenvalue weighted by molar-refractivity contribution is -0.158. The van der Waals surface area contributed by atoms with Crippen molar-refractivity contribution in [2.45, 2.75) is 12.8 Å². The first-order valence-electron chi connectivity index (χ1n) is 9.55. The molecule has 1 heterocycles. The fourth-order valence-electron chi connectivity index (χ4n) is 4.10. The molecule has 0 N–H and O–H groups in total. The van der Waals surface area contributed by atoms with Crippen LogP contribution in [0.15, 0.2) is 60.7 Å². The van der Waals surface area contributed by atoms with Gasteiger partial charge < -0.3 is 9.47 Å². The fourth-order valence-corrected chi connectivity index (χ4v) is 5.47. The van der Waals surface area contributed by atoms with E-state index >= 15 is 0 Å². The van der Waals surface area contributed by atoms with Gasteiger partial charge in [0.2, 0.25) is 0 Å². The van der Waals surface area contributed by atoms with Crippen LogP contribution in [0.1, 0.15) is 11.1 Å². The van der Waals surface area contributed by atoms with Crippen LogP contribution in [0.25, 0.3) is 20.9 Å². The van der Waals surface area contributed by atoms with E-state index in [9.17, 15) is 9.59 Å². The van der Waals surface area contributed by atoms with Gasteiger partial charge in [-0.15, -0.1) is 11.3 Å². The van der Waals surface area contributed by atoms with Gasteiger partial charge in [-0.25, -0.2) is 0 Å². The average molecular weight is 407 g/mol. The zero-order valence-corrected chi connectivity index (χ0v) is 17.2. The predicted molar refractivity (Wildman–Crippen MR) is 114 cm³/mol. The SMILES string of the molecule is COC(=O)[C@@H]1Cc2c(-c3ccccc3)sc(-c3ccccc3)c2C[C@H]1C(=O)OC. The van der Waals surface area contributed by atoms with Gasteiger partial charge in [-0.05, 0) is 35.1 Å². The van der Waals surface area contributed by atoms with Gasteiger partial charge in [-0.2, -0.15) is 0 Å². The maximum Gasteiger partial charge on any atom is 0.309 e. The molecular weight excluding hydrogens is 384 g/mol. The Bertz CT molecular complexity index is 942. The third-order valence-electron chi connectivity index (χ3n) is 5.53. The summed E-state index contributed by atoms with van der Waals surface area (Å²) in [6.07, 6.45) is 0.935. The number of carbonyl (C=O) groups is 2. The van der Waals surface area contributed by atoms with Crippen molar-refractivity contribution in [2.75, 3.05) is 14.2 Å². The van der Waals surface area contributed by atoms with E-state index in [1.165, 1.54) is 14.2 Å². The van der Waals surface area contributed by atoms with Crippen LogP contribution in [0, 0.1) is 11.8 Å². The molecule has 0 unspecified atom stereocenters. The zero-order chi connectivity index (χ0) is 20.4. The summed E-state index contributed by atoms with van der Waals surface area (Å²) in [5.41, 5.74) is 4.51. The lowest BCUT2D eigenvalue weighted by atomic mass is 9.75. The Kier molecular flexibility index (Phi) is 5.49. The molecule has 0 amide bonds. The number of benzene rings is 2. The van der Waals surface area contributed by atoms with Crippen LogP contribution in [0.5, 0.6) is 0 Å². The van der Waals surface area contributed by atoms with Crippen molar-refractivity contribution in [3.8, 4) is 20.9 Å². The summed E-state index contributed by atoms with van der Waals surface area (Å²) >= 11 is 1.72. The summed E-state index contributed by atoms with van der Waals surface area (Å²) < 4.78 is 10.0. The second-order valence-electron chi connectivity index (χ2n) is 7.12. The summed E-state index contributed by atoms with van der Waals surface area (Å²) in [6, 6.07) is 20.4. The third kappa shape index (κ3) is 3.58. The summed E-state index contributed by atoms with van der Waals surface area (Å²) in [4.78, 5) is 27.3. The van der Waals surface area contributed by atoms with Crippen LogP contribution in [0.2, 0.25) is 0 Å². The highest BCUT2D eigenvalue weighted by atomic mass is 32.1. The zero-order valence-electron chi connectivity index (χ0n) is 16.4. The molecule has 4 rings (SSSR count). The molecule has 0 bridgehead atoms. The van der Waals surface area contributed by atoms with Gasteiger partial charge in [0.15, 0.2) is 0 Å². The largest absolute Gasteiger partial charge is 0.469 e. The topological polar surface area (TPSA) is 52.6 Å². The van der Waals surface area contributed by atoms with Gasteiger partial charge in [-0.1, -0.05) is 60.7 Å². The number of carbonyl (C=O) groups excluding carboxylic acids is 2. The summed E-state index contributed by atoms with van der Waals surface area (Å²) in [6.45, 7) is 0. The van der Waals surface area contributed by atoms with E-state index in [-0.39, 0.29) is 11.9 Å². The summed E-state index contributed by atoms with van der Waals surface area (Å²) in [5, 5.41) is 0. The maximum atomic E-state index is 12.5. The molecule has 0 saturated carbocycles. The first-order chi connectivity index (χ1) is 14.1. The van der Waals surface area contributed by atoms with E-state index in [0.29, 0.717) is 12.8 Å². The van der Waals surface area contributed by atoms with Gasteiger partial charge in [0.25, 0.3) is 0 Å². The van der Waals surface area contributed by atoms with Crippen LogP contribution in [0.4, 0.5) is 0 Å². The van der Waals surface area contributed by atoms with Gasteiger partial charge in [0, 0.05) is 9.75 Å². The van der Waals surface area contributed by atoms with Gasteiger partial charge >= 0.3 is 11.9 Å². The highest BCUT2D eigenvalue weighted by Gasteiger charge is 2.42. The van der Waals surface area contributed by atoms with Crippen molar-refractivity contribution >= 4 is 23.3 Å². The molecule has 0 aliphatic heterocycles. The first-order valence-corrected chi connectivity index (χ1v) is 10.4. The number of ether oxygens (including phenoxy) is 2. The van der Waals surface area contributed by atoms with E-state index in [1.807, 2.05) is 36.4 Å². The van der Waals surface area contributed by atoms with Crippen molar-refractivity contribution < 1.29 is 19.1 Å². The summed E-state index contributed by atoms with van der Waals surface area (Å²) in [5.74, 6) is -1.81. The van der Waals surface area contributed by atoms with Crippen molar-refractivity contribution in [3.05, 3.63) is 71.8 Å². The minimum absolute atomic E-state index is 0.363. The molecule has 5 heteroatoms. The Morgan fingerprint density at radius 2 is 1.10 bits per heavy atom. The van der Waals surface area contributed by atoms with Gasteiger partial charge in [0.1, 0.15) is 0 Å². The molecular formula is C24H22O4S. The minimum atomic E-state index is -0.541. The number of hydrogen-bond donors (Lipinski definition) is 0. The highest BCUT2D eigenvalue weighted by Crippen LogP contribution is 2.48. The number of methoxy groups -OCH3 is 2. The Labute approximate surface area is 174 Å². The third-order valence-corrected chi connectivity index (χ3v) is 6.90. The van der Waals surface area contributed by atoms with Crippen molar-refractivity contribution in [1.29, 1.82) is 0 Å². The molecule has 0 saturated heterocycles. The van der Waals surface area contributed by atoms with Crippen LogP contribution >= 0.6 is 11.3 Å². The minimum Gasteiger partial charge on any atom is -0.469 e. The monoisotopic (exact) mass is 406 g/mol. The predicted octanol–water partition coefficient (Wildman–Crippen LogP) is 4.76. The molecule has 2 atom stereocenters. The Hall–Kier alpha value is -2.92. The number of fused-ring (bicyclic) bond motifs is 1. The molecule has 3 aromatic rings. The Morgan fingerprint density at radius 3 is 1.45 bits per heavy atom. The van der Waals surface area contributed by atoms with Crippen LogP contribution in [-0.2, 0) is 31.9 Å². The van der Waals surface area contributed by atoms with Crippen molar-refractivity contribution in [2.24, 2.45) is 11.8 Å².